The number of hydrogen-bond acceptors (Lipinski definition) is 3. The molecule has 3 rings (SSSR count). The van der Waals surface area contributed by atoms with Gasteiger partial charge in [-0.1, -0.05) is 31.4 Å². The summed E-state index contributed by atoms with van der Waals surface area (Å²) in [6.45, 7) is 3.27. The van der Waals surface area contributed by atoms with Gasteiger partial charge in [0.15, 0.2) is 0 Å². The van der Waals surface area contributed by atoms with Gasteiger partial charge in [0.05, 0.1) is 18.3 Å². The van der Waals surface area contributed by atoms with Crippen LogP contribution in [-0.4, -0.2) is 32.3 Å². The third kappa shape index (κ3) is 2.32. The average molecular weight is 260 g/mol. The Labute approximate surface area is 115 Å². The van der Waals surface area contributed by atoms with E-state index >= 15 is 0 Å². The standard InChI is InChI=1S/C16H24N2O/c1-19-15-8-4-3-7-14(15)18-12-11-17-13-16(18)9-5-2-6-10-16/h3-4,7-8,17H,2,5-6,9-13H2,1H3. The second kappa shape index (κ2) is 5.41. The number of hydrogen-bond donors (Lipinski definition) is 1. The van der Waals surface area contributed by atoms with Gasteiger partial charge in [0, 0.05) is 19.6 Å². The van der Waals surface area contributed by atoms with Gasteiger partial charge in [0.25, 0.3) is 0 Å². The summed E-state index contributed by atoms with van der Waals surface area (Å²) in [4.78, 5) is 2.61. The maximum atomic E-state index is 5.57. The third-order valence-corrected chi connectivity index (χ3v) is 4.70. The van der Waals surface area contributed by atoms with Gasteiger partial charge < -0.3 is 15.0 Å². The molecular formula is C16H24N2O. The number of methoxy groups -OCH3 is 1. The Morgan fingerprint density at radius 3 is 2.74 bits per heavy atom. The van der Waals surface area contributed by atoms with Crippen LogP contribution in [0.25, 0.3) is 0 Å². The van der Waals surface area contributed by atoms with Crippen LogP contribution < -0.4 is 15.0 Å². The van der Waals surface area contributed by atoms with Crippen molar-refractivity contribution in [1.82, 2.24) is 5.32 Å². The van der Waals surface area contributed by atoms with Crippen LogP contribution in [-0.2, 0) is 0 Å². The highest BCUT2D eigenvalue weighted by atomic mass is 16.5. The van der Waals surface area contributed by atoms with E-state index in [0.717, 1.165) is 25.4 Å². The highest BCUT2D eigenvalue weighted by molar-refractivity contribution is 5.60. The molecule has 1 aromatic carbocycles. The molecule has 1 spiro atoms. The Morgan fingerprint density at radius 1 is 1.16 bits per heavy atom. The fraction of sp³-hybridized carbons (Fsp3) is 0.625. The smallest absolute Gasteiger partial charge is 0.142 e. The van der Waals surface area contributed by atoms with Crippen molar-refractivity contribution < 1.29 is 4.74 Å². The van der Waals surface area contributed by atoms with Gasteiger partial charge in [0.2, 0.25) is 0 Å². The zero-order valence-electron chi connectivity index (χ0n) is 11.8. The van der Waals surface area contributed by atoms with E-state index in [1.807, 2.05) is 0 Å². The fourth-order valence-electron chi connectivity index (χ4n) is 3.73. The minimum atomic E-state index is 0.311. The number of para-hydroxylation sites is 2. The number of benzene rings is 1. The number of anilines is 1. The Kier molecular flexibility index (Phi) is 3.65. The maximum Gasteiger partial charge on any atom is 0.142 e. The minimum Gasteiger partial charge on any atom is -0.495 e. The first kappa shape index (κ1) is 12.8. The minimum absolute atomic E-state index is 0.311. The summed E-state index contributed by atoms with van der Waals surface area (Å²) in [5.41, 5.74) is 1.58. The van der Waals surface area contributed by atoms with Crippen molar-refractivity contribution in [2.75, 3.05) is 31.6 Å². The quantitative estimate of drug-likeness (QED) is 0.885. The number of rotatable bonds is 2. The first-order valence-electron chi connectivity index (χ1n) is 7.47. The predicted octanol–water partition coefficient (Wildman–Crippen LogP) is 2.81. The SMILES string of the molecule is COc1ccccc1N1CCNCC12CCCCC2. The molecule has 0 bridgehead atoms. The molecule has 1 aromatic rings. The highest BCUT2D eigenvalue weighted by Gasteiger charge is 2.40. The van der Waals surface area contributed by atoms with Crippen molar-refractivity contribution in [1.29, 1.82) is 0 Å². The van der Waals surface area contributed by atoms with Gasteiger partial charge in [-0.05, 0) is 25.0 Å². The van der Waals surface area contributed by atoms with Gasteiger partial charge in [-0.25, -0.2) is 0 Å². The van der Waals surface area contributed by atoms with Crippen molar-refractivity contribution in [3.8, 4) is 5.75 Å². The van der Waals surface area contributed by atoms with Gasteiger partial charge in [-0.3, -0.25) is 0 Å². The van der Waals surface area contributed by atoms with Crippen LogP contribution in [0.3, 0.4) is 0 Å². The zero-order chi connectivity index (χ0) is 13.1. The number of ether oxygens (including phenoxy) is 1. The van der Waals surface area contributed by atoms with E-state index in [9.17, 15) is 0 Å². The molecule has 0 aromatic heterocycles. The van der Waals surface area contributed by atoms with E-state index in [0.29, 0.717) is 5.54 Å². The van der Waals surface area contributed by atoms with Crippen LogP contribution >= 0.6 is 0 Å². The van der Waals surface area contributed by atoms with E-state index < -0.39 is 0 Å². The molecule has 1 saturated heterocycles. The van der Waals surface area contributed by atoms with E-state index in [2.05, 4.69) is 34.5 Å². The van der Waals surface area contributed by atoms with E-state index in [-0.39, 0.29) is 0 Å². The van der Waals surface area contributed by atoms with Crippen molar-refractivity contribution in [2.45, 2.75) is 37.6 Å². The van der Waals surface area contributed by atoms with E-state index in [4.69, 9.17) is 4.74 Å². The molecule has 1 heterocycles. The summed E-state index contributed by atoms with van der Waals surface area (Å²) >= 11 is 0. The number of piperazine rings is 1. The molecule has 3 heteroatoms. The lowest BCUT2D eigenvalue weighted by molar-refractivity contribution is 0.239. The molecule has 0 radical (unpaired) electrons. The van der Waals surface area contributed by atoms with Crippen LogP contribution in [0.15, 0.2) is 24.3 Å². The van der Waals surface area contributed by atoms with Crippen molar-refractivity contribution in [3.63, 3.8) is 0 Å². The first-order chi connectivity index (χ1) is 9.36. The Bertz CT molecular complexity index is 418. The summed E-state index contributed by atoms with van der Waals surface area (Å²) in [6.07, 6.45) is 6.71. The zero-order valence-corrected chi connectivity index (χ0v) is 11.8. The normalized spacial score (nSPS) is 22.5. The Balaban J connectivity index is 1.95. The molecule has 2 fully saturated rings. The molecule has 0 amide bonds. The van der Waals surface area contributed by atoms with Crippen LogP contribution in [0.5, 0.6) is 5.75 Å². The van der Waals surface area contributed by atoms with Crippen molar-refractivity contribution in [3.05, 3.63) is 24.3 Å². The summed E-state index contributed by atoms with van der Waals surface area (Å²) in [5, 5.41) is 3.60. The lowest BCUT2D eigenvalue weighted by Gasteiger charge is -2.51. The van der Waals surface area contributed by atoms with Gasteiger partial charge >= 0.3 is 0 Å². The molecule has 0 unspecified atom stereocenters. The van der Waals surface area contributed by atoms with Crippen LogP contribution in [0.1, 0.15) is 32.1 Å². The summed E-state index contributed by atoms with van der Waals surface area (Å²) < 4.78 is 5.57. The second-order valence-corrected chi connectivity index (χ2v) is 5.79. The molecule has 104 valence electrons. The third-order valence-electron chi connectivity index (χ3n) is 4.70. The van der Waals surface area contributed by atoms with Crippen LogP contribution in [0.2, 0.25) is 0 Å². The van der Waals surface area contributed by atoms with Crippen molar-refractivity contribution in [2.24, 2.45) is 0 Å². The second-order valence-electron chi connectivity index (χ2n) is 5.79. The fourth-order valence-corrected chi connectivity index (χ4v) is 3.73. The molecule has 1 N–H and O–H groups in total. The lowest BCUT2D eigenvalue weighted by atomic mass is 9.78. The Morgan fingerprint density at radius 2 is 1.95 bits per heavy atom. The van der Waals surface area contributed by atoms with Gasteiger partial charge in [0.1, 0.15) is 5.75 Å². The van der Waals surface area contributed by atoms with E-state index in [1.165, 1.54) is 37.8 Å². The van der Waals surface area contributed by atoms with Gasteiger partial charge in [-0.15, -0.1) is 0 Å². The highest BCUT2D eigenvalue weighted by Crippen LogP contribution is 2.40. The molecule has 1 saturated carbocycles. The topological polar surface area (TPSA) is 24.5 Å². The Hall–Kier alpha value is -1.22. The summed E-state index contributed by atoms with van der Waals surface area (Å²) in [5.74, 6) is 1.01. The number of nitrogens with zero attached hydrogens (tertiary/aromatic N) is 1. The molecule has 1 aliphatic carbocycles. The molecule has 1 aliphatic heterocycles. The lowest BCUT2D eigenvalue weighted by Crippen LogP contribution is -2.62. The maximum absolute atomic E-state index is 5.57. The first-order valence-corrected chi connectivity index (χ1v) is 7.47. The van der Waals surface area contributed by atoms with Crippen molar-refractivity contribution >= 4 is 5.69 Å². The van der Waals surface area contributed by atoms with Crippen LogP contribution in [0, 0.1) is 0 Å². The largest absolute Gasteiger partial charge is 0.495 e. The monoisotopic (exact) mass is 260 g/mol. The number of nitrogens with one attached hydrogen (secondary N) is 1. The predicted molar refractivity (Wildman–Crippen MR) is 79.0 cm³/mol. The van der Waals surface area contributed by atoms with Crippen LogP contribution in [0.4, 0.5) is 5.69 Å². The molecule has 19 heavy (non-hydrogen) atoms. The summed E-state index contributed by atoms with van der Waals surface area (Å²) in [7, 11) is 1.77. The molecule has 2 aliphatic rings. The molecular weight excluding hydrogens is 236 g/mol. The summed E-state index contributed by atoms with van der Waals surface area (Å²) in [6, 6.07) is 8.46. The van der Waals surface area contributed by atoms with Gasteiger partial charge in [-0.2, -0.15) is 0 Å². The molecule has 3 nitrogen and oxygen atoms in total. The van der Waals surface area contributed by atoms with E-state index in [1.54, 1.807) is 7.11 Å². The average Bonchev–Trinajstić information content (AvgIpc) is 2.49. The molecule has 0 atom stereocenters.